The first-order valence-corrected chi connectivity index (χ1v) is 9.78. The summed E-state index contributed by atoms with van der Waals surface area (Å²) in [6, 6.07) is 12.9. The highest BCUT2D eigenvalue weighted by molar-refractivity contribution is 7.99. The van der Waals surface area contributed by atoms with Crippen molar-refractivity contribution in [1.29, 1.82) is 0 Å². The average Bonchev–Trinajstić information content (AvgIpc) is 3.16. The lowest BCUT2D eigenvalue weighted by molar-refractivity contribution is -0.384. The standard InChI is InChI=1S/C20H19N3O4S/c1-14-3-2-4-16(11-14)21-20(25)18-12-28-13-22(18)19(24)10-7-15-5-8-17(9-6-15)23(26)27/h2-11,18H,12-13H2,1H3,(H,21,25). The van der Waals surface area contributed by atoms with Crippen molar-refractivity contribution in [2.45, 2.75) is 13.0 Å². The number of nitrogens with one attached hydrogen (secondary N) is 1. The first kappa shape index (κ1) is 19.6. The van der Waals surface area contributed by atoms with Crippen molar-refractivity contribution in [3.63, 3.8) is 0 Å². The van der Waals surface area contributed by atoms with Gasteiger partial charge in [0.2, 0.25) is 11.8 Å². The fourth-order valence-electron chi connectivity index (χ4n) is 2.80. The molecule has 0 aliphatic carbocycles. The van der Waals surface area contributed by atoms with Crippen LogP contribution in [0.1, 0.15) is 11.1 Å². The molecule has 1 atom stereocenters. The number of nitro benzene ring substituents is 1. The van der Waals surface area contributed by atoms with E-state index in [0.717, 1.165) is 5.56 Å². The van der Waals surface area contributed by atoms with Crippen LogP contribution >= 0.6 is 11.8 Å². The fraction of sp³-hybridized carbons (Fsp3) is 0.200. The monoisotopic (exact) mass is 397 g/mol. The van der Waals surface area contributed by atoms with Crippen LogP contribution in [0.4, 0.5) is 11.4 Å². The lowest BCUT2D eigenvalue weighted by Gasteiger charge is -2.21. The van der Waals surface area contributed by atoms with E-state index in [1.165, 1.54) is 34.9 Å². The van der Waals surface area contributed by atoms with Crippen LogP contribution in [-0.4, -0.2) is 39.3 Å². The zero-order valence-electron chi connectivity index (χ0n) is 15.2. The second kappa shape index (κ2) is 8.71. The van der Waals surface area contributed by atoms with Crippen LogP contribution in [0, 0.1) is 17.0 Å². The third-order valence-electron chi connectivity index (χ3n) is 4.28. The molecule has 1 aliphatic rings. The number of hydrogen-bond donors (Lipinski definition) is 1. The van der Waals surface area contributed by atoms with E-state index in [9.17, 15) is 19.7 Å². The Balaban J connectivity index is 1.65. The number of nitro groups is 1. The van der Waals surface area contributed by atoms with Gasteiger partial charge in [-0.05, 0) is 48.4 Å². The summed E-state index contributed by atoms with van der Waals surface area (Å²) in [7, 11) is 0. The number of non-ortho nitro benzene ring substituents is 1. The summed E-state index contributed by atoms with van der Waals surface area (Å²) in [5, 5.41) is 13.6. The molecule has 2 aromatic carbocycles. The van der Waals surface area contributed by atoms with E-state index in [1.807, 2.05) is 31.2 Å². The predicted molar refractivity (Wildman–Crippen MR) is 110 cm³/mol. The van der Waals surface area contributed by atoms with Crippen LogP contribution in [0.5, 0.6) is 0 Å². The van der Waals surface area contributed by atoms with Gasteiger partial charge in [-0.25, -0.2) is 0 Å². The van der Waals surface area contributed by atoms with Crippen LogP contribution in [0.3, 0.4) is 0 Å². The third kappa shape index (κ3) is 4.77. The van der Waals surface area contributed by atoms with Crippen LogP contribution in [0.2, 0.25) is 0 Å². The average molecular weight is 397 g/mol. The van der Waals surface area contributed by atoms with Crippen molar-refractivity contribution in [1.82, 2.24) is 4.90 Å². The van der Waals surface area contributed by atoms with Crippen molar-refractivity contribution < 1.29 is 14.5 Å². The van der Waals surface area contributed by atoms with Crippen molar-refractivity contribution in [3.05, 3.63) is 75.8 Å². The Morgan fingerprint density at radius 3 is 2.68 bits per heavy atom. The Hall–Kier alpha value is -3.13. The quantitative estimate of drug-likeness (QED) is 0.474. The van der Waals surface area contributed by atoms with Gasteiger partial charge in [0.25, 0.3) is 5.69 Å². The van der Waals surface area contributed by atoms with Crippen LogP contribution < -0.4 is 5.32 Å². The molecule has 144 valence electrons. The van der Waals surface area contributed by atoms with Crippen molar-refractivity contribution in [3.8, 4) is 0 Å². The molecule has 8 heteroatoms. The minimum atomic E-state index is -0.542. The van der Waals surface area contributed by atoms with E-state index in [-0.39, 0.29) is 17.5 Å². The number of carbonyl (C=O) groups excluding carboxylic acids is 2. The second-order valence-corrected chi connectivity index (χ2v) is 7.36. The maximum absolute atomic E-state index is 12.6. The van der Waals surface area contributed by atoms with Crippen molar-refractivity contribution >= 4 is 41.0 Å². The number of anilines is 1. The molecule has 1 aliphatic heterocycles. The fourth-order valence-corrected chi connectivity index (χ4v) is 3.96. The summed E-state index contributed by atoms with van der Waals surface area (Å²) < 4.78 is 0. The van der Waals surface area contributed by atoms with Gasteiger partial charge in [0, 0.05) is 29.6 Å². The zero-order valence-corrected chi connectivity index (χ0v) is 16.0. The summed E-state index contributed by atoms with van der Waals surface area (Å²) in [6.07, 6.45) is 2.98. The molecule has 1 saturated heterocycles. The molecule has 2 aromatic rings. The van der Waals surface area contributed by atoms with E-state index in [1.54, 1.807) is 18.2 Å². The molecule has 2 amide bonds. The number of rotatable bonds is 5. The number of aryl methyl sites for hydroxylation is 1. The van der Waals surface area contributed by atoms with Crippen LogP contribution in [0.15, 0.2) is 54.6 Å². The van der Waals surface area contributed by atoms with Gasteiger partial charge in [0.15, 0.2) is 0 Å². The molecule has 0 bridgehead atoms. The highest BCUT2D eigenvalue weighted by atomic mass is 32.2. The Bertz CT molecular complexity index is 927. The molecule has 1 N–H and O–H groups in total. The molecule has 1 heterocycles. The Kier molecular flexibility index (Phi) is 6.10. The molecule has 0 spiro atoms. The highest BCUT2D eigenvalue weighted by Crippen LogP contribution is 2.23. The predicted octanol–water partition coefficient (Wildman–Crippen LogP) is 3.46. The molecule has 1 fully saturated rings. The number of nitrogens with zero attached hydrogens (tertiary/aromatic N) is 2. The largest absolute Gasteiger partial charge is 0.324 e. The second-order valence-electron chi connectivity index (χ2n) is 6.36. The molecule has 0 radical (unpaired) electrons. The molecule has 1 unspecified atom stereocenters. The number of hydrogen-bond acceptors (Lipinski definition) is 5. The lowest BCUT2D eigenvalue weighted by Crippen LogP contribution is -2.43. The van der Waals surface area contributed by atoms with E-state index in [4.69, 9.17) is 0 Å². The normalized spacial score (nSPS) is 16.3. The Morgan fingerprint density at radius 2 is 2.00 bits per heavy atom. The maximum atomic E-state index is 12.6. The van der Waals surface area contributed by atoms with Gasteiger partial charge in [-0.3, -0.25) is 19.7 Å². The molecular formula is C20H19N3O4S. The van der Waals surface area contributed by atoms with E-state index in [2.05, 4.69) is 5.32 Å². The van der Waals surface area contributed by atoms with Crippen LogP contribution in [0.25, 0.3) is 6.08 Å². The van der Waals surface area contributed by atoms with E-state index in [0.29, 0.717) is 22.9 Å². The molecule has 7 nitrogen and oxygen atoms in total. The lowest BCUT2D eigenvalue weighted by atomic mass is 10.2. The maximum Gasteiger partial charge on any atom is 0.269 e. The number of benzene rings is 2. The molecule has 0 aromatic heterocycles. The van der Waals surface area contributed by atoms with Gasteiger partial charge in [0.1, 0.15) is 6.04 Å². The third-order valence-corrected chi connectivity index (χ3v) is 5.29. The minimum absolute atomic E-state index is 0.00713. The van der Waals surface area contributed by atoms with Crippen LogP contribution in [-0.2, 0) is 9.59 Å². The van der Waals surface area contributed by atoms with Gasteiger partial charge < -0.3 is 10.2 Å². The smallest absolute Gasteiger partial charge is 0.269 e. The Labute approximate surface area is 166 Å². The summed E-state index contributed by atoms with van der Waals surface area (Å²) >= 11 is 1.52. The molecule has 0 saturated carbocycles. The molecular weight excluding hydrogens is 378 g/mol. The van der Waals surface area contributed by atoms with Crippen molar-refractivity contribution in [2.75, 3.05) is 16.9 Å². The van der Waals surface area contributed by atoms with E-state index >= 15 is 0 Å². The Morgan fingerprint density at radius 1 is 1.25 bits per heavy atom. The first-order valence-electron chi connectivity index (χ1n) is 8.62. The summed E-state index contributed by atoms with van der Waals surface area (Å²) in [5.74, 6) is 0.491. The number of thioether (sulfide) groups is 1. The van der Waals surface area contributed by atoms with Gasteiger partial charge in [-0.15, -0.1) is 11.8 Å². The first-order chi connectivity index (χ1) is 13.4. The SMILES string of the molecule is Cc1cccc(NC(=O)C2CSCN2C(=O)C=Cc2ccc([N+](=O)[O-])cc2)c1. The topological polar surface area (TPSA) is 92.6 Å². The minimum Gasteiger partial charge on any atom is -0.324 e. The van der Waals surface area contributed by atoms with Gasteiger partial charge in [-0.2, -0.15) is 0 Å². The van der Waals surface area contributed by atoms with E-state index < -0.39 is 11.0 Å². The molecule has 28 heavy (non-hydrogen) atoms. The summed E-state index contributed by atoms with van der Waals surface area (Å²) in [6.45, 7) is 1.94. The summed E-state index contributed by atoms with van der Waals surface area (Å²) in [5.41, 5.74) is 2.41. The number of carbonyl (C=O) groups is 2. The number of amides is 2. The zero-order chi connectivity index (χ0) is 20.1. The van der Waals surface area contributed by atoms with Gasteiger partial charge >= 0.3 is 0 Å². The summed E-state index contributed by atoms with van der Waals surface area (Å²) in [4.78, 5) is 36.9. The van der Waals surface area contributed by atoms with Gasteiger partial charge in [0.05, 0.1) is 10.8 Å². The molecule has 3 rings (SSSR count). The highest BCUT2D eigenvalue weighted by Gasteiger charge is 2.33. The van der Waals surface area contributed by atoms with Gasteiger partial charge in [-0.1, -0.05) is 12.1 Å². The van der Waals surface area contributed by atoms with Crippen molar-refractivity contribution in [2.24, 2.45) is 0 Å².